The third kappa shape index (κ3) is 5.81. The van der Waals surface area contributed by atoms with Crippen LogP contribution < -0.4 is 16.0 Å². The van der Waals surface area contributed by atoms with E-state index in [1.807, 2.05) is 24.3 Å². The molecular formula is C36H49N5O4. The summed E-state index contributed by atoms with van der Waals surface area (Å²) in [4.78, 5) is 41.8. The van der Waals surface area contributed by atoms with Crippen LogP contribution in [-0.2, 0) is 26.8 Å². The predicted molar refractivity (Wildman–Crippen MR) is 171 cm³/mol. The Labute approximate surface area is 266 Å². The molecule has 2 bridgehead atoms. The minimum atomic E-state index is -0.787. The van der Waals surface area contributed by atoms with Crippen LogP contribution in [0.15, 0.2) is 36.5 Å². The molecule has 9 nitrogen and oxygen atoms in total. The first-order valence-electron chi connectivity index (χ1n) is 17.3. The largest absolute Gasteiger partial charge is 0.380 e. The minimum Gasteiger partial charge on any atom is -0.380 e. The van der Waals surface area contributed by atoms with E-state index in [1.165, 1.54) is 25.7 Å². The van der Waals surface area contributed by atoms with Crippen molar-refractivity contribution in [1.82, 2.24) is 20.4 Å². The summed E-state index contributed by atoms with van der Waals surface area (Å²) in [6.07, 6.45) is 15.0. The maximum atomic E-state index is 14.4. The van der Waals surface area contributed by atoms with Crippen LogP contribution in [-0.4, -0.2) is 53.3 Å². The van der Waals surface area contributed by atoms with Gasteiger partial charge in [0.05, 0.1) is 12.0 Å². The van der Waals surface area contributed by atoms with Crippen molar-refractivity contribution in [3.8, 4) is 0 Å². The molecule has 6 aliphatic rings. The fraction of sp³-hybridized carbons (Fsp3) is 0.667. The number of rotatable bonds is 11. The second-order valence-electron chi connectivity index (χ2n) is 15.3. The van der Waals surface area contributed by atoms with Crippen LogP contribution >= 0.6 is 0 Å². The monoisotopic (exact) mass is 615 g/mol. The third-order valence-electron chi connectivity index (χ3n) is 12.3. The number of aromatic nitrogens is 2. The molecule has 8 rings (SSSR count). The Morgan fingerprint density at radius 2 is 1.78 bits per heavy atom. The van der Waals surface area contributed by atoms with E-state index in [4.69, 9.17) is 4.74 Å². The SMILES string of the molecule is Cn1nccc1C(=O)N[C@H](C(=O)Nc1cccc(C2(C(=O)NCC3(C)CCC3)CCOC2)c1)C(C1CC1)C12CCC(CC1)CC2. The molecule has 0 spiro atoms. The summed E-state index contributed by atoms with van der Waals surface area (Å²) in [6, 6.07) is 8.75. The van der Waals surface area contributed by atoms with Gasteiger partial charge in [-0.2, -0.15) is 5.10 Å². The molecule has 3 N–H and O–H groups in total. The molecule has 242 valence electrons. The van der Waals surface area contributed by atoms with Crippen LogP contribution in [0.1, 0.15) is 100 Å². The first-order chi connectivity index (χ1) is 21.7. The van der Waals surface area contributed by atoms with E-state index < -0.39 is 11.5 Å². The van der Waals surface area contributed by atoms with E-state index in [0.717, 1.165) is 56.4 Å². The van der Waals surface area contributed by atoms with Crippen molar-refractivity contribution >= 4 is 23.4 Å². The van der Waals surface area contributed by atoms with E-state index in [9.17, 15) is 14.4 Å². The predicted octanol–water partition coefficient (Wildman–Crippen LogP) is 5.12. The molecule has 5 saturated carbocycles. The van der Waals surface area contributed by atoms with Crippen molar-refractivity contribution in [1.29, 1.82) is 0 Å². The minimum absolute atomic E-state index is 0.00119. The topological polar surface area (TPSA) is 114 Å². The number of fused-ring (bicyclic) bond motifs is 3. The lowest BCUT2D eigenvalue weighted by atomic mass is 9.53. The Bertz CT molecular complexity index is 1410. The Morgan fingerprint density at radius 3 is 2.38 bits per heavy atom. The van der Waals surface area contributed by atoms with Crippen molar-refractivity contribution in [3.63, 3.8) is 0 Å². The fourth-order valence-electron chi connectivity index (χ4n) is 9.13. The van der Waals surface area contributed by atoms with Gasteiger partial charge >= 0.3 is 0 Å². The summed E-state index contributed by atoms with van der Waals surface area (Å²) in [5, 5.41) is 13.9. The summed E-state index contributed by atoms with van der Waals surface area (Å²) in [7, 11) is 1.75. The summed E-state index contributed by atoms with van der Waals surface area (Å²) >= 11 is 0. The number of nitrogens with zero attached hydrogens (tertiary/aromatic N) is 2. The molecule has 6 fully saturated rings. The smallest absolute Gasteiger partial charge is 0.270 e. The number of carbonyl (C=O) groups is 3. The zero-order valence-electron chi connectivity index (χ0n) is 26.9. The number of aryl methyl sites for hydroxylation is 1. The van der Waals surface area contributed by atoms with Crippen molar-refractivity contribution in [3.05, 3.63) is 47.8 Å². The molecule has 2 unspecified atom stereocenters. The fourth-order valence-corrected chi connectivity index (χ4v) is 9.13. The van der Waals surface area contributed by atoms with Gasteiger partial charge in [-0.15, -0.1) is 0 Å². The molecule has 2 heterocycles. The van der Waals surface area contributed by atoms with Crippen LogP contribution in [0.3, 0.4) is 0 Å². The van der Waals surface area contributed by atoms with Gasteiger partial charge in [-0.05, 0) is 123 Å². The lowest BCUT2D eigenvalue weighted by molar-refractivity contribution is -0.127. The van der Waals surface area contributed by atoms with E-state index in [2.05, 4.69) is 28.0 Å². The van der Waals surface area contributed by atoms with Gasteiger partial charge in [-0.25, -0.2) is 0 Å². The van der Waals surface area contributed by atoms with Crippen molar-refractivity contribution < 1.29 is 19.1 Å². The molecule has 1 aromatic carbocycles. The third-order valence-corrected chi connectivity index (χ3v) is 12.3. The van der Waals surface area contributed by atoms with Crippen molar-refractivity contribution in [2.24, 2.45) is 35.6 Å². The zero-order chi connectivity index (χ0) is 31.2. The van der Waals surface area contributed by atoms with E-state index in [-0.39, 0.29) is 34.5 Å². The number of benzene rings is 1. The van der Waals surface area contributed by atoms with Crippen LogP contribution in [0.4, 0.5) is 5.69 Å². The Balaban J connectivity index is 1.15. The van der Waals surface area contributed by atoms with E-state index in [0.29, 0.717) is 43.5 Å². The number of hydrogen-bond donors (Lipinski definition) is 3. The highest BCUT2D eigenvalue weighted by atomic mass is 16.5. The molecule has 5 aliphatic carbocycles. The lowest BCUT2D eigenvalue weighted by Crippen LogP contribution is -2.56. The number of carbonyl (C=O) groups excluding carboxylic acids is 3. The van der Waals surface area contributed by atoms with Gasteiger partial charge in [-0.1, -0.05) is 25.5 Å². The molecule has 9 heteroatoms. The maximum absolute atomic E-state index is 14.4. The first-order valence-corrected chi connectivity index (χ1v) is 17.3. The van der Waals surface area contributed by atoms with Crippen LogP contribution in [0.2, 0.25) is 0 Å². The molecular weight excluding hydrogens is 566 g/mol. The Kier molecular flexibility index (Phi) is 8.03. The van der Waals surface area contributed by atoms with Crippen LogP contribution in [0, 0.1) is 28.6 Å². The van der Waals surface area contributed by atoms with Gasteiger partial charge < -0.3 is 20.7 Å². The standard InChI is InChI=1S/C36H49N5O4/c1-34(13-4-14-34)22-37-33(44)36(18-20-45-23-36)26-5-3-6-27(21-26)39-32(43)30(40-31(42)28-12-19-38-41(28)2)29(25-7-8-25)35-15-9-24(10-16-35)11-17-35/h3,5-6,12,19,21,24-25,29-30H,4,7-11,13-18,20,22-23H2,1-2H3,(H,37,44)(H,39,43)(H,40,42)/t24?,29?,30-,35?,36?/m0/s1. The summed E-state index contributed by atoms with van der Waals surface area (Å²) in [6.45, 7) is 3.76. The molecule has 2 aromatic rings. The molecule has 1 aromatic heterocycles. The van der Waals surface area contributed by atoms with E-state index >= 15 is 0 Å². The molecule has 45 heavy (non-hydrogen) atoms. The number of anilines is 1. The van der Waals surface area contributed by atoms with Gasteiger partial charge in [-0.3, -0.25) is 19.1 Å². The highest BCUT2D eigenvalue weighted by Gasteiger charge is 2.55. The zero-order valence-corrected chi connectivity index (χ0v) is 26.9. The number of ether oxygens (including phenoxy) is 1. The molecule has 3 atom stereocenters. The van der Waals surface area contributed by atoms with Gasteiger partial charge in [0, 0.05) is 32.1 Å². The second-order valence-corrected chi connectivity index (χ2v) is 15.3. The summed E-state index contributed by atoms with van der Waals surface area (Å²) < 4.78 is 7.37. The molecule has 1 aliphatic heterocycles. The molecule has 0 radical (unpaired) electrons. The highest BCUT2D eigenvalue weighted by Crippen LogP contribution is 2.60. The number of amides is 3. The van der Waals surface area contributed by atoms with Gasteiger partial charge in [0.1, 0.15) is 11.7 Å². The molecule has 3 amide bonds. The second kappa shape index (κ2) is 11.9. The van der Waals surface area contributed by atoms with Gasteiger partial charge in [0.25, 0.3) is 5.91 Å². The van der Waals surface area contributed by atoms with E-state index in [1.54, 1.807) is 24.0 Å². The molecule has 1 saturated heterocycles. The van der Waals surface area contributed by atoms with Crippen LogP contribution in [0.25, 0.3) is 0 Å². The number of hydrogen-bond acceptors (Lipinski definition) is 5. The van der Waals surface area contributed by atoms with Gasteiger partial charge in [0.15, 0.2) is 0 Å². The normalized spacial score (nSPS) is 29.8. The highest BCUT2D eigenvalue weighted by molar-refractivity contribution is 6.01. The first kappa shape index (κ1) is 30.5. The average Bonchev–Trinajstić information content (AvgIpc) is 3.55. The van der Waals surface area contributed by atoms with Gasteiger partial charge in [0.2, 0.25) is 11.8 Å². The lowest BCUT2D eigenvalue weighted by Gasteiger charge is -2.53. The quantitative estimate of drug-likeness (QED) is 0.325. The average molecular weight is 616 g/mol. The van der Waals surface area contributed by atoms with Crippen molar-refractivity contribution in [2.45, 2.75) is 95.4 Å². The Morgan fingerprint density at radius 1 is 1.02 bits per heavy atom. The Hall–Kier alpha value is -3.20. The summed E-state index contributed by atoms with van der Waals surface area (Å²) in [5.74, 6) is 0.890. The maximum Gasteiger partial charge on any atom is 0.270 e. The number of nitrogens with one attached hydrogen (secondary N) is 3. The van der Waals surface area contributed by atoms with Crippen LogP contribution in [0.5, 0.6) is 0 Å². The van der Waals surface area contributed by atoms with Crippen molar-refractivity contribution in [2.75, 3.05) is 25.1 Å². The summed E-state index contributed by atoms with van der Waals surface area (Å²) in [5.41, 5.74) is 1.41.